The third-order valence-electron chi connectivity index (χ3n) is 5.53. The molecule has 0 bridgehead atoms. The molecule has 1 atom stereocenters. The molecule has 1 saturated carbocycles. The van der Waals surface area contributed by atoms with Crippen molar-refractivity contribution in [3.05, 3.63) is 22.4 Å². The Morgan fingerprint density at radius 2 is 1.96 bits per heavy atom. The fourth-order valence-electron chi connectivity index (χ4n) is 4.05. The Morgan fingerprint density at radius 1 is 1.21 bits per heavy atom. The fourth-order valence-corrected chi connectivity index (χ4v) is 4.91. The summed E-state index contributed by atoms with van der Waals surface area (Å²) in [6.45, 7) is 3.37. The summed E-state index contributed by atoms with van der Waals surface area (Å²) in [5, 5.41) is 11.9. The number of carbonyl (C=O) groups excluding carboxylic acids is 1. The van der Waals surface area contributed by atoms with Crippen LogP contribution in [0.2, 0.25) is 0 Å². The fraction of sp³-hybridized carbons (Fsp3) is 0.700. The van der Waals surface area contributed by atoms with Crippen molar-refractivity contribution in [1.29, 1.82) is 0 Å². The van der Waals surface area contributed by atoms with Crippen LogP contribution in [0.15, 0.2) is 22.5 Å². The first kappa shape index (κ1) is 23.4. The van der Waals surface area contributed by atoms with E-state index in [1.165, 1.54) is 37.0 Å². The van der Waals surface area contributed by atoms with Crippen molar-refractivity contribution in [2.75, 3.05) is 33.2 Å². The number of guanidine groups is 1. The summed E-state index contributed by atoms with van der Waals surface area (Å²) in [5.41, 5.74) is 0. The van der Waals surface area contributed by atoms with Crippen LogP contribution in [0.3, 0.4) is 0 Å². The first-order chi connectivity index (χ1) is 13.3. The Hall–Kier alpha value is -0.870. The molecule has 28 heavy (non-hydrogen) atoms. The van der Waals surface area contributed by atoms with E-state index in [-0.39, 0.29) is 36.4 Å². The molecule has 3 N–H and O–H groups in total. The maximum Gasteiger partial charge on any atom is 0.239 e. The number of thiophene rings is 1. The van der Waals surface area contributed by atoms with E-state index in [0.29, 0.717) is 18.0 Å². The molecule has 1 aliphatic carbocycles. The van der Waals surface area contributed by atoms with Gasteiger partial charge in [-0.3, -0.25) is 14.7 Å². The second-order valence-electron chi connectivity index (χ2n) is 7.48. The molecule has 2 aliphatic rings. The molecule has 0 aromatic carbocycles. The summed E-state index contributed by atoms with van der Waals surface area (Å²) in [4.78, 5) is 20.4. The number of nitrogens with zero attached hydrogens (tertiary/aromatic N) is 2. The minimum absolute atomic E-state index is 0. The predicted molar refractivity (Wildman–Crippen MR) is 128 cm³/mol. The summed E-state index contributed by atoms with van der Waals surface area (Å²) < 4.78 is 0. The Kier molecular flexibility index (Phi) is 10.6. The number of hydrogen-bond donors (Lipinski definition) is 3. The van der Waals surface area contributed by atoms with E-state index in [1.54, 1.807) is 7.05 Å². The molecule has 1 aromatic rings. The van der Waals surface area contributed by atoms with Gasteiger partial charge < -0.3 is 16.0 Å². The second-order valence-corrected chi connectivity index (χ2v) is 8.46. The van der Waals surface area contributed by atoms with Crippen LogP contribution in [0, 0.1) is 0 Å². The van der Waals surface area contributed by atoms with Crippen LogP contribution in [0.4, 0.5) is 0 Å². The van der Waals surface area contributed by atoms with Gasteiger partial charge in [0.1, 0.15) is 0 Å². The first-order valence-corrected chi connectivity index (χ1v) is 11.2. The van der Waals surface area contributed by atoms with Gasteiger partial charge >= 0.3 is 0 Å². The summed E-state index contributed by atoms with van der Waals surface area (Å²) in [6, 6.07) is 5.04. The predicted octanol–water partition coefficient (Wildman–Crippen LogP) is 3.12. The molecule has 158 valence electrons. The van der Waals surface area contributed by atoms with E-state index in [9.17, 15) is 4.79 Å². The van der Waals surface area contributed by atoms with Crippen molar-refractivity contribution in [1.82, 2.24) is 20.9 Å². The van der Waals surface area contributed by atoms with Gasteiger partial charge in [0.2, 0.25) is 5.91 Å². The van der Waals surface area contributed by atoms with Gasteiger partial charge in [-0.2, -0.15) is 0 Å². The van der Waals surface area contributed by atoms with Crippen LogP contribution in [0.1, 0.15) is 55.9 Å². The van der Waals surface area contributed by atoms with Crippen LogP contribution in [-0.2, 0) is 4.79 Å². The third kappa shape index (κ3) is 7.18. The lowest BCUT2D eigenvalue weighted by Crippen LogP contribution is -2.47. The molecule has 0 spiro atoms. The van der Waals surface area contributed by atoms with Crippen molar-refractivity contribution in [3.63, 3.8) is 0 Å². The van der Waals surface area contributed by atoms with Crippen molar-refractivity contribution in [2.45, 2.75) is 57.0 Å². The van der Waals surface area contributed by atoms with Gasteiger partial charge in [-0.1, -0.05) is 25.3 Å². The van der Waals surface area contributed by atoms with Gasteiger partial charge in [-0.25, -0.2) is 0 Å². The molecule has 0 radical (unpaired) electrons. The number of carbonyl (C=O) groups is 1. The number of nitrogens with one attached hydrogen (secondary N) is 3. The Balaban J connectivity index is 0.00000280. The van der Waals surface area contributed by atoms with E-state index in [1.807, 2.05) is 11.3 Å². The third-order valence-corrected chi connectivity index (χ3v) is 6.50. The van der Waals surface area contributed by atoms with Crippen LogP contribution in [-0.4, -0.2) is 56.0 Å². The summed E-state index contributed by atoms with van der Waals surface area (Å²) >= 11 is 1.81. The van der Waals surface area contributed by atoms with E-state index in [0.717, 1.165) is 32.5 Å². The molecular weight excluding hydrogens is 485 g/mol. The van der Waals surface area contributed by atoms with Gasteiger partial charge in [0.15, 0.2) is 5.96 Å². The number of hydrogen-bond acceptors (Lipinski definition) is 4. The average Bonchev–Trinajstić information content (AvgIpc) is 3.40. The monoisotopic (exact) mass is 519 g/mol. The number of rotatable bonds is 7. The Morgan fingerprint density at radius 3 is 2.61 bits per heavy atom. The highest BCUT2D eigenvalue weighted by Gasteiger charge is 2.24. The molecule has 6 nitrogen and oxygen atoms in total. The summed E-state index contributed by atoms with van der Waals surface area (Å²) in [7, 11) is 1.75. The molecule has 1 aliphatic heterocycles. The van der Waals surface area contributed by atoms with Gasteiger partial charge in [-0.15, -0.1) is 35.3 Å². The minimum Gasteiger partial charge on any atom is -0.354 e. The Bertz CT molecular complexity index is 598. The van der Waals surface area contributed by atoms with Crippen LogP contribution in [0.5, 0.6) is 0 Å². The van der Waals surface area contributed by atoms with E-state index in [2.05, 4.69) is 43.4 Å². The average molecular weight is 519 g/mol. The summed E-state index contributed by atoms with van der Waals surface area (Å²) in [5.74, 6) is 0.744. The quantitative estimate of drug-likeness (QED) is 0.294. The standard InChI is InChI=1S/C20H33N5OS.HI/c1-21-20(23-15-19(26)24-16-8-3-2-4-9-16)22-14-17(18-10-7-13-27-18)25-11-5-6-12-25;/h7,10,13,16-17H,2-6,8-9,11-12,14-15H2,1H3,(H,24,26)(H2,21,22,23);1H. The smallest absolute Gasteiger partial charge is 0.239 e. The number of halogens is 1. The van der Waals surface area contributed by atoms with E-state index >= 15 is 0 Å². The normalized spacial score (nSPS) is 19.7. The van der Waals surface area contributed by atoms with Gasteiger partial charge in [-0.05, 0) is 50.2 Å². The van der Waals surface area contributed by atoms with Gasteiger partial charge in [0.25, 0.3) is 0 Å². The highest BCUT2D eigenvalue weighted by Crippen LogP contribution is 2.27. The number of amides is 1. The topological polar surface area (TPSA) is 68.8 Å². The molecule has 1 amide bonds. The Labute approximate surface area is 190 Å². The minimum atomic E-state index is 0. The molecule has 2 fully saturated rings. The largest absolute Gasteiger partial charge is 0.354 e. The highest BCUT2D eigenvalue weighted by molar-refractivity contribution is 14.0. The zero-order valence-electron chi connectivity index (χ0n) is 16.8. The van der Waals surface area contributed by atoms with Crippen LogP contribution < -0.4 is 16.0 Å². The first-order valence-electron chi connectivity index (χ1n) is 10.3. The van der Waals surface area contributed by atoms with Crippen molar-refractivity contribution in [2.24, 2.45) is 4.99 Å². The van der Waals surface area contributed by atoms with Gasteiger partial charge in [0, 0.05) is 24.5 Å². The molecule has 3 rings (SSSR count). The summed E-state index contributed by atoms with van der Waals surface area (Å²) in [6.07, 6.45) is 8.51. The molecule has 2 heterocycles. The maximum absolute atomic E-state index is 12.2. The molecular formula is C20H34IN5OS. The lowest BCUT2D eigenvalue weighted by molar-refractivity contribution is -0.120. The highest BCUT2D eigenvalue weighted by atomic mass is 127. The maximum atomic E-state index is 12.2. The SMILES string of the molecule is CN=C(NCC(=O)NC1CCCCC1)NCC(c1cccs1)N1CCCC1.I. The zero-order valence-corrected chi connectivity index (χ0v) is 19.9. The van der Waals surface area contributed by atoms with E-state index in [4.69, 9.17) is 0 Å². The lowest BCUT2D eigenvalue weighted by Gasteiger charge is -2.27. The van der Waals surface area contributed by atoms with Crippen molar-refractivity contribution >= 4 is 47.2 Å². The van der Waals surface area contributed by atoms with Gasteiger partial charge in [0.05, 0.1) is 12.6 Å². The molecule has 1 aromatic heterocycles. The molecule has 8 heteroatoms. The molecule has 1 saturated heterocycles. The lowest BCUT2D eigenvalue weighted by atomic mass is 9.95. The van der Waals surface area contributed by atoms with Crippen molar-refractivity contribution < 1.29 is 4.79 Å². The van der Waals surface area contributed by atoms with E-state index < -0.39 is 0 Å². The van der Waals surface area contributed by atoms with Crippen LogP contribution >= 0.6 is 35.3 Å². The number of aliphatic imine (C=N–C) groups is 1. The van der Waals surface area contributed by atoms with Crippen molar-refractivity contribution in [3.8, 4) is 0 Å². The molecule has 1 unspecified atom stereocenters. The number of likely N-dealkylation sites (tertiary alicyclic amines) is 1. The van der Waals surface area contributed by atoms with Crippen LogP contribution in [0.25, 0.3) is 0 Å². The zero-order chi connectivity index (χ0) is 18.9. The second kappa shape index (κ2) is 12.6.